The number of hydrogen-bond donors (Lipinski definition) is 2. The Labute approximate surface area is 205 Å². The predicted molar refractivity (Wildman–Crippen MR) is 132 cm³/mol. The van der Waals surface area contributed by atoms with Crippen LogP contribution in [0, 0.1) is 6.92 Å². The Morgan fingerprint density at radius 3 is 2.54 bits per heavy atom. The van der Waals surface area contributed by atoms with Crippen molar-refractivity contribution in [1.29, 1.82) is 0 Å². The van der Waals surface area contributed by atoms with Gasteiger partial charge in [-0.2, -0.15) is 0 Å². The van der Waals surface area contributed by atoms with E-state index in [0.717, 1.165) is 6.26 Å². The normalized spacial score (nSPS) is 11.3. The van der Waals surface area contributed by atoms with Crippen molar-refractivity contribution in [2.75, 3.05) is 29.2 Å². The number of carbonyl (C=O) groups is 1. The third kappa shape index (κ3) is 6.00. The summed E-state index contributed by atoms with van der Waals surface area (Å²) in [5, 5.41) is 15.6. The van der Waals surface area contributed by atoms with Crippen LogP contribution in [-0.2, 0) is 14.8 Å². The maximum Gasteiger partial charge on any atom is 0.236 e. The van der Waals surface area contributed by atoms with Crippen LogP contribution in [0.1, 0.15) is 5.76 Å². The smallest absolute Gasteiger partial charge is 0.236 e. The van der Waals surface area contributed by atoms with Crippen molar-refractivity contribution in [1.82, 2.24) is 19.9 Å². The van der Waals surface area contributed by atoms with E-state index in [1.165, 1.54) is 11.8 Å². The van der Waals surface area contributed by atoms with Gasteiger partial charge in [0, 0.05) is 17.3 Å². The number of aromatic nitrogens is 4. The summed E-state index contributed by atoms with van der Waals surface area (Å²) in [6.45, 7) is 1.73. The van der Waals surface area contributed by atoms with Crippen molar-refractivity contribution in [2.45, 2.75) is 12.1 Å². The molecule has 4 aromatic rings. The van der Waals surface area contributed by atoms with Gasteiger partial charge in [0.1, 0.15) is 11.5 Å². The van der Waals surface area contributed by atoms with Crippen molar-refractivity contribution in [3.63, 3.8) is 0 Å². The van der Waals surface area contributed by atoms with Crippen LogP contribution in [0.2, 0.25) is 0 Å². The maximum atomic E-state index is 12.4. The molecule has 0 aliphatic rings. The molecule has 0 spiro atoms. The molecule has 2 aromatic heterocycles. The fourth-order valence-electron chi connectivity index (χ4n) is 3.22. The summed E-state index contributed by atoms with van der Waals surface area (Å²) in [7, 11) is -1.83. The molecule has 11 nitrogen and oxygen atoms in total. The van der Waals surface area contributed by atoms with Crippen LogP contribution < -0.4 is 14.8 Å². The van der Waals surface area contributed by atoms with E-state index in [1.807, 2.05) is 24.3 Å². The van der Waals surface area contributed by atoms with E-state index in [4.69, 9.17) is 9.26 Å². The summed E-state index contributed by atoms with van der Waals surface area (Å²) in [5.41, 5.74) is 1.80. The number of amides is 1. The minimum absolute atomic E-state index is 0.0520. The number of hydrogen-bond acceptors (Lipinski definition) is 9. The number of nitrogens with zero attached hydrogens (tertiary/aromatic N) is 4. The molecule has 0 saturated heterocycles. The molecule has 0 aliphatic carbocycles. The van der Waals surface area contributed by atoms with Crippen molar-refractivity contribution < 1.29 is 22.5 Å². The lowest BCUT2D eigenvalue weighted by atomic mass is 10.2. The van der Waals surface area contributed by atoms with Crippen molar-refractivity contribution in [3.8, 4) is 22.8 Å². The molecule has 1 amide bonds. The van der Waals surface area contributed by atoms with Gasteiger partial charge in [0.2, 0.25) is 15.9 Å². The zero-order valence-electron chi connectivity index (χ0n) is 19.0. The molecule has 0 aliphatic heterocycles. The number of anilines is 2. The highest BCUT2D eigenvalue weighted by Gasteiger charge is 2.20. The summed E-state index contributed by atoms with van der Waals surface area (Å²) in [5.74, 6) is 1.78. The Hall–Kier alpha value is -3.84. The number of methoxy groups -OCH3 is 1. The third-order valence-electron chi connectivity index (χ3n) is 4.63. The van der Waals surface area contributed by atoms with Crippen LogP contribution in [0.15, 0.2) is 64.3 Å². The van der Waals surface area contributed by atoms with Gasteiger partial charge < -0.3 is 14.6 Å². The first kappa shape index (κ1) is 24.3. The number of benzene rings is 2. The van der Waals surface area contributed by atoms with Gasteiger partial charge in [-0.25, -0.2) is 8.42 Å². The highest BCUT2D eigenvalue weighted by Crippen LogP contribution is 2.33. The van der Waals surface area contributed by atoms with Gasteiger partial charge in [-0.15, -0.1) is 10.2 Å². The van der Waals surface area contributed by atoms with Crippen molar-refractivity contribution in [2.24, 2.45) is 0 Å². The third-order valence-corrected chi connectivity index (χ3v) is 6.17. The molecule has 35 heavy (non-hydrogen) atoms. The van der Waals surface area contributed by atoms with Crippen molar-refractivity contribution >= 4 is 39.2 Å². The molecule has 2 aromatic carbocycles. The summed E-state index contributed by atoms with van der Waals surface area (Å²) in [6, 6.07) is 15.7. The van der Waals surface area contributed by atoms with E-state index in [2.05, 4.69) is 25.4 Å². The average Bonchev–Trinajstić information content (AvgIpc) is 3.43. The van der Waals surface area contributed by atoms with Crippen LogP contribution in [0.5, 0.6) is 5.75 Å². The monoisotopic (exact) mass is 514 g/mol. The summed E-state index contributed by atoms with van der Waals surface area (Å²) in [4.78, 5) is 12.4. The number of nitrogens with one attached hydrogen (secondary N) is 2. The first-order valence-electron chi connectivity index (χ1n) is 10.3. The van der Waals surface area contributed by atoms with E-state index >= 15 is 0 Å². The standard InChI is InChI=1S/C22H22N6O5S2/c1-14-12-19(26-33-14)23-20(29)13-34-22-25-24-21(28(22)17-6-4-5-7-18(17)32-2)15-8-10-16(11-9-15)27-35(3,30)31/h4-12,27H,13H2,1-3H3,(H,23,26,29). The number of aryl methyl sites for hydroxylation is 1. The molecule has 182 valence electrons. The second-order valence-corrected chi connectivity index (χ2v) is 10.1. The predicted octanol–water partition coefficient (Wildman–Crippen LogP) is 3.34. The highest BCUT2D eigenvalue weighted by atomic mass is 32.2. The van der Waals surface area contributed by atoms with Gasteiger partial charge in [0.25, 0.3) is 0 Å². The Morgan fingerprint density at radius 1 is 1.14 bits per heavy atom. The molecular formula is C22H22N6O5S2. The van der Waals surface area contributed by atoms with E-state index in [0.29, 0.717) is 45.2 Å². The zero-order chi connectivity index (χ0) is 25.0. The number of rotatable bonds is 9. The lowest BCUT2D eigenvalue weighted by Gasteiger charge is -2.14. The molecule has 0 atom stereocenters. The summed E-state index contributed by atoms with van der Waals surface area (Å²) >= 11 is 1.19. The van der Waals surface area contributed by atoms with Crippen LogP contribution in [-0.4, -0.2) is 53.4 Å². The number of para-hydroxylation sites is 2. The number of sulfonamides is 1. The van der Waals surface area contributed by atoms with Crippen molar-refractivity contribution in [3.05, 3.63) is 60.4 Å². The quantitative estimate of drug-likeness (QED) is 0.322. The first-order chi connectivity index (χ1) is 16.7. The number of thioether (sulfide) groups is 1. The lowest BCUT2D eigenvalue weighted by Crippen LogP contribution is -2.14. The second kappa shape index (κ2) is 10.2. The Bertz CT molecular complexity index is 1450. The minimum Gasteiger partial charge on any atom is -0.495 e. The molecule has 0 radical (unpaired) electrons. The largest absolute Gasteiger partial charge is 0.495 e. The van der Waals surface area contributed by atoms with E-state index in [-0.39, 0.29) is 11.7 Å². The lowest BCUT2D eigenvalue weighted by molar-refractivity contribution is -0.113. The Balaban J connectivity index is 1.65. The van der Waals surface area contributed by atoms with Crippen LogP contribution >= 0.6 is 11.8 Å². The molecule has 0 saturated carbocycles. The molecule has 0 bridgehead atoms. The van der Waals surface area contributed by atoms with Crippen LogP contribution in [0.25, 0.3) is 17.1 Å². The van der Waals surface area contributed by atoms with Gasteiger partial charge in [-0.3, -0.25) is 14.1 Å². The van der Waals surface area contributed by atoms with E-state index < -0.39 is 10.0 Å². The number of carbonyl (C=O) groups excluding carboxylic acids is 1. The minimum atomic E-state index is -3.40. The Kier molecular flexibility index (Phi) is 7.07. The van der Waals surface area contributed by atoms with Gasteiger partial charge >= 0.3 is 0 Å². The van der Waals surface area contributed by atoms with Gasteiger partial charge in [0.05, 0.1) is 24.8 Å². The van der Waals surface area contributed by atoms with Gasteiger partial charge in [-0.05, 0) is 43.3 Å². The fourth-order valence-corrected chi connectivity index (χ4v) is 4.53. The van der Waals surface area contributed by atoms with Crippen LogP contribution in [0.3, 0.4) is 0 Å². The maximum absolute atomic E-state index is 12.4. The molecule has 4 rings (SSSR count). The topological polar surface area (TPSA) is 141 Å². The summed E-state index contributed by atoms with van der Waals surface area (Å²) in [6.07, 6.45) is 1.09. The van der Waals surface area contributed by atoms with E-state index in [1.54, 1.807) is 48.9 Å². The van der Waals surface area contributed by atoms with Gasteiger partial charge in [0.15, 0.2) is 16.8 Å². The highest BCUT2D eigenvalue weighted by molar-refractivity contribution is 7.99. The SMILES string of the molecule is COc1ccccc1-n1c(SCC(=O)Nc2cc(C)on2)nnc1-c1ccc(NS(C)(=O)=O)cc1. The summed E-state index contributed by atoms with van der Waals surface area (Å²) < 4.78 is 37.8. The molecule has 2 heterocycles. The fraction of sp³-hybridized carbons (Fsp3) is 0.182. The molecule has 0 fully saturated rings. The second-order valence-electron chi connectivity index (χ2n) is 7.42. The zero-order valence-corrected chi connectivity index (χ0v) is 20.7. The molecule has 0 unspecified atom stereocenters. The van der Waals surface area contributed by atoms with E-state index in [9.17, 15) is 13.2 Å². The molecular weight excluding hydrogens is 492 g/mol. The molecule has 13 heteroatoms. The van der Waals surface area contributed by atoms with Crippen LogP contribution in [0.4, 0.5) is 11.5 Å². The first-order valence-corrected chi connectivity index (χ1v) is 13.1. The van der Waals surface area contributed by atoms with Gasteiger partial charge in [-0.1, -0.05) is 29.1 Å². The molecule has 2 N–H and O–H groups in total. The Morgan fingerprint density at radius 2 is 1.89 bits per heavy atom. The average molecular weight is 515 g/mol. The number of ether oxygens (including phenoxy) is 1.